The number of hydrogen-bond acceptors (Lipinski definition) is 2. The van der Waals surface area contributed by atoms with Gasteiger partial charge in [0, 0.05) is 19.3 Å². The van der Waals surface area contributed by atoms with Crippen molar-refractivity contribution in [3.8, 4) is 0 Å². The molecule has 42 heavy (non-hydrogen) atoms. The van der Waals surface area contributed by atoms with Crippen LogP contribution in [0.4, 0.5) is 0 Å². The van der Waals surface area contributed by atoms with Gasteiger partial charge >= 0.3 is 5.97 Å². The van der Waals surface area contributed by atoms with E-state index in [1.165, 1.54) is 50.2 Å². The van der Waals surface area contributed by atoms with Crippen LogP contribution in [0.5, 0.6) is 0 Å². The number of rotatable bonds is 7. The van der Waals surface area contributed by atoms with E-state index in [1.807, 2.05) is 0 Å². The highest BCUT2D eigenvalue weighted by Crippen LogP contribution is 2.70. The van der Waals surface area contributed by atoms with Gasteiger partial charge in [-0.05, 0) is 109 Å². The van der Waals surface area contributed by atoms with Gasteiger partial charge in [0.25, 0.3) is 0 Å². The van der Waals surface area contributed by atoms with Crippen LogP contribution in [0.3, 0.4) is 0 Å². The van der Waals surface area contributed by atoms with Crippen LogP contribution in [0.1, 0.15) is 109 Å². The number of benzene rings is 2. The SMILES string of the molecule is CC(=O)O[C@@H]1CC[C@]2(C)[C@H]3CC[C@]4(C)[C@@H]([C@@H](C)C/C=C/C(c5ccccc5)c5ccccc5)CC[C@H]4[C@@H]3CC[C@@]2(Cl)C1. The van der Waals surface area contributed by atoms with E-state index in [-0.39, 0.29) is 22.4 Å². The monoisotopic (exact) mass is 586 g/mol. The lowest BCUT2D eigenvalue weighted by molar-refractivity contribution is -0.157. The summed E-state index contributed by atoms with van der Waals surface area (Å²) in [7, 11) is 0. The highest BCUT2D eigenvalue weighted by molar-refractivity contribution is 6.24. The van der Waals surface area contributed by atoms with E-state index in [0.29, 0.717) is 23.2 Å². The van der Waals surface area contributed by atoms with Gasteiger partial charge in [-0.15, -0.1) is 11.6 Å². The molecule has 0 saturated heterocycles. The van der Waals surface area contributed by atoms with Crippen LogP contribution in [0.25, 0.3) is 0 Å². The first-order chi connectivity index (χ1) is 20.1. The Morgan fingerprint density at radius 2 is 1.57 bits per heavy atom. The Bertz CT molecular complexity index is 1220. The number of alkyl halides is 1. The summed E-state index contributed by atoms with van der Waals surface area (Å²) < 4.78 is 5.68. The zero-order valence-corrected chi connectivity index (χ0v) is 27.0. The second-order valence-corrected chi connectivity index (χ2v) is 15.7. The fourth-order valence-electron chi connectivity index (χ4n) is 10.8. The van der Waals surface area contributed by atoms with E-state index in [4.69, 9.17) is 16.3 Å². The lowest BCUT2D eigenvalue weighted by Crippen LogP contribution is -2.60. The van der Waals surface area contributed by atoms with Crippen LogP contribution in [-0.2, 0) is 9.53 Å². The molecule has 4 aliphatic carbocycles. The zero-order chi connectivity index (χ0) is 29.5. The van der Waals surface area contributed by atoms with Gasteiger partial charge in [-0.25, -0.2) is 0 Å². The fraction of sp³-hybridized carbons (Fsp3) is 0.615. The minimum atomic E-state index is -0.232. The third-order valence-corrected chi connectivity index (χ3v) is 13.7. The van der Waals surface area contributed by atoms with Gasteiger partial charge in [0.15, 0.2) is 0 Å². The molecule has 0 unspecified atom stereocenters. The van der Waals surface area contributed by atoms with Gasteiger partial charge in [-0.2, -0.15) is 0 Å². The van der Waals surface area contributed by atoms with Gasteiger partial charge < -0.3 is 4.74 Å². The van der Waals surface area contributed by atoms with Crippen LogP contribution in [0, 0.1) is 40.4 Å². The number of allylic oxidation sites excluding steroid dienone is 2. The molecule has 226 valence electrons. The Kier molecular flexibility index (Phi) is 8.42. The molecule has 0 spiro atoms. The van der Waals surface area contributed by atoms with E-state index < -0.39 is 0 Å². The third-order valence-electron chi connectivity index (χ3n) is 12.9. The predicted octanol–water partition coefficient (Wildman–Crippen LogP) is 10.4. The fourth-order valence-corrected chi connectivity index (χ4v) is 11.3. The standard InChI is InChI=1S/C39H51ClO2/c1-27(12-11-17-32(29-13-7-5-8-14-29)30-15-9-6-10-16-30)34-18-19-35-33-21-25-39(40)26-31(42-28(2)41)20-24-38(39,4)36(33)22-23-37(34,35)3/h5-11,13-17,27,31-36H,12,18-26H2,1-4H3/b17-11+/t27-,31+,33-,34+,35-,36-,37+,38+,39+/m0/s1. The molecule has 4 aliphatic rings. The number of hydrogen-bond donors (Lipinski definition) is 0. The number of fused-ring (bicyclic) bond motifs is 5. The summed E-state index contributed by atoms with van der Waals surface area (Å²) in [6, 6.07) is 21.9. The maximum Gasteiger partial charge on any atom is 0.302 e. The summed E-state index contributed by atoms with van der Waals surface area (Å²) in [5, 5.41) is 0. The van der Waals surface area contributed by atoms with Crippen LogP contribution in [-0.4, -0.2) is 16.9 Å². The summed E-state index contributed by atoms with van der Waals surface area (Å²) in [4.78, 5) is 11.5. The van der Waals surface area contributed by atoms with Gasteiger partial charge in [-0.3, -0.25) is 4.79 Å². The summed E-state index contributed by atoms with van der Waals surface area (Å²) >= 11 is 7.55. The van der Waals surface area contributed by atoms with E-state index in [9.17, 15) is 4.79 Å². The second-order valence-electron chi connectivity index (χ2n) is 14.9. The zero-order valence-electron chi connectivity index (χ0n) is 26.2. The number of esters is 1. The van der Waals surface area contributed by atoms with Gasteiger partial charge in [0.1, 0.15) is 6.10 Å². The van der Waals surface area contributed by atoms with Crippen molar-refractivity contribution in [3.63, 3.8) is 0 Å². The Labute approximate surface area is 259 Å². The number of ether oxygens (including phenoxy) is 1. The minimum Gasteiger partial charge on any atom is -0.462 e. The first kappa shape index (κ1) is 30.0. The van der Waals surface area contributed by atoms with Crippen molar-refractivity contribution in [3.05, 3.63) is 83.9 Å². The Balaban J connectivity index is 1.15. The topological polar surface area (TPSA) is 26.3 Å². The van der Waals surface area contributed by atoms with Crippen LogP contribution in [0.15, 0.2) is 72.8 Å². The highest BCUT2D eigenvalue weighted by Gasteiger charge is 2.64. The number of carbonyl (C=O) groups excluding carboxylic acids is 1. The smallest absolute Gasteiger partial charge is 0.302 e. The molecule has 9 atom stereocenters. The summed E-state index contributed by atoms with van der Waals surface area (Å²) in [6.07, 6.45) is 16.7. The highest BCUT2D eigenvalue weighted by atomic mass is 35.5. The van der Waals surface area contributed by atoms with Crippen molar-refractivity contribution < 1.29 is 9.53 Å². The molecule has 4 saturated carbocycles. The van der Waals surface area contributed by atoms with Crippen molar-refractivity contribution in [2.45, 2.75) is 109 Å². The summed E-state index contributed by atoms with van der Waals surface area (Å²) in [6.45, 7) is 9.22. The normalized spacial score (nSPS) is 38.5. The molecule has 2 nitrogen and oxygen atoms in total. The maximum atomic E-state index is 11.7. The Hall–Kier alpha value is -2.06. The van der Waals surface area contributed by atoms with E-state index in [1.54, 1.807) is 0 Å². The van der Waals surface area contributed by atoms with Gasteiger partial charge in [0.05, 0.1) is 4.87 Å². The molecule has 2 aromatic rings. The molecule has 0 radical (unpaired) electrons. The van der Waals surface area contributed by atoms with Crippen molar-refractivity contribution in [1.29, 1.82) is 0 Å². The van der Waals surface area contributed by atoms with Crippen LogP contribution >= 0.6 is 11.6 Å². The molecule has 3 heteroatoms. The molecule has 6 rings (SSSR count). The minimum absolute atomic E-state index is 0.00775. The van der Waals surface area contributed by atoms with Crippen LogP contribution < -0.4 is 0 Å². The van der Waals surface area contributed by atoms with E-state index in [2.05, 4.69) is 93.6 Å². The van der Waals surface area contributed by atoms with Crippen molar-refractivity contribution >= 4 is 17.6 Å². The van der Waals surface area contributed by atoms with Gasteiger partial charge in [-0.1, -0.05) is 93.6 Å². The average molecular weight is 587 g/mol. The van der Waals surface area contributed by atoms with Crippen LogP contribution in [0.2, 0.25) is 0 Å². The quantitative estimate of drug-likeness (QED) is 0.183. The lowest BCUT2D eigenvalue weighted by atomic mass is 9.44. The Morgan fingerprint density at radius 3 is 2.21 bits per heavy atom. The second kappa shape index (κ2) is 11.8. The largest absolute Gasteiger partial charge is 0.462 e. The third kappa shape index (κ3) is 5.29. The average Bonchev–Trinajstić information content (AvgIpc) is 3.34. The molecule has 0 aliphatic heterocycles. The first-order valence-electron chi connectivity index (χ1n) is 16.8. The van der Waals surface area contributed by atoms with Crippen molar-refractivity contribution in [1.82, 2.24) is 0 Å². The van der Waals surface area contributed by atoms with E-state index >= 15 is 0 Å². The Morgan fingerprint density at radius 1 is 0.905 bits per heavy atom. The summed E-state index contributed by atoms with van der Waals surface area (Å²) in [5.74, 6) is 3.92. The molecule has 0 heterocycles. The molecule has 2 aromatic carbocycles. The van der Waals surface area contributed by atoms with Crippen molar-refractivity contribution in [2.75, 3.05) is 0 Å². The number of carbonyl (C=O) groups is 1. The van der Waals surface area contributed by atoms with Gasteiger partial charge in [0.2, 0.25) is 0 Å². The predicted molar refractivity (Wildman–Crippen MR) is 174 cm³/mol. The maximum absolute atomic E-state index is 11.7. The molecular formula is C39H51ClO2. The molecule has 0 bridgehead atoms. The molecular weight excluding hydrogens is 536 g/mol. The molecule has 0 N–H and O–H groups in total. The molecule has 0 aromatic heterocycles. The first-order valence-corrected chi connectivity index (χ1v) is 17.1. The molecule has 4 fully saturated rings. The van der Waals surface area contributed by atoms with E-state index in [0.717, 1.165) is 49.9 Å². The summed E-state index contributed by atoms with van der Waals surface area (Å²) in [5.41, 5.74) is 3.31. The molecule has 0 amide bonds. The van der Waals surface area contributed by atoms with Crippen molar-refractivity contribution in [2.24, 2.45) is 40.4 Å². The lowest BCUT2D eigenvalue weighted by Gasteiger charge is -2.64. The number of halogens is 1.